The SMILES string of the molecule is Cc1cccc(N2CCN(Cc3nc(-c4cccc(F)c4F)oc3C)CC2)n1. The summed E-state index contributed by atoms with van der Waals surface area (Å²) < 4.78 is 33.1. The molecule has 0 aliphatic carbocycles. The van der Waals surface area contributed by atoms with E-state index in [0.29, 0.717) is 12.3 Å². The fourth-order valence-corrected chi connectivity index (χ4v) is 3.41. The highest BCUT2D eigenvalue weighted by Gasteiger charge is 2.22. The van der Waals surface area contributed by atoms with E-state index in [1.165, 1.54) is 12.1 Å². The molecule has 0 saturated carbocycles. The molecule has 4 rings (SSSR count). The lowest BCUT2D eigenvalue weighted by Crippen LogP contribution is -2.46. The zero-order chi connectivity index (χ0) is 19.7. The van der Waals surface area contributed by atoms with Crippen molar-refractivity contribution in [2.24, 2.45) is 0 Å². The second-order valence-corrected chi connectivity index (χ2v) is 7.02. The van der Waals surface area contributed by atoms with Gasteiger partial charge >= 0.3 is 0 Å². The standard InChI is InChI=1S/C21H22F2N4O/c1-14-5-3-8-19(24-14)27-11-9-26(10-12-27)13-18-15(2)28-21(25-18)16-6-4-7-17(22)20(16)23/h3-8H,9-13H2,1-2H3. The highest BCUT2D eigenvalue weighted by atomic mass is 19.2. The number of pyridine rings is 1. The number of aromatic nitrogens is 2. The third-order valence-electron chi connectivity index (χ3n) is 5.02. The van der Waals surface area contributed by atoms with Crippen LogP contribution in [-0.4, -0.2) is 41.0 Å². The lowest BCUT2D eigenvalue weighted by atomic mass is 10.2. The van der Waals surface area contributed by atoms with Crippen LogP contribution in [0.1, 0.15) is 17.1 Å². The van der Waals surface area contributed by atoms with Crippen LogP contribution < -0.4 is 4.90 Å². The minimum absolute atomic E-state index is 0.0460. The van der Waals surface area contributed by atoms with Gasteiger partial charge in [0.15, 0.2) is 11.6 Å². The van der Waals surface area contributed by atoms with E-state index in [1.54, 1.807) is 6.92 Å². The van der Waals surface area contributed by atoms with E-state index in [4.69, 9.17) is 4.42 Å². The maximum absolute atomic E-state index is 14.0. The van der Waals surface area contributed by atoms with Crippen LogP contribution in [0.2, 0.25) is 0 Å². The lowest BCUT2D eigenvalue weighted by molar-refractivity contribution is 0.245. The minimum atomic E-state index is -0.936. The first-order chi connectivity index (χ1) is 13.5. The number of oxazole rings is 1. The molecule has 0 atom stereocenters. The molecule has 28 heavy (non-hydrogen) atoms. The molecule has 146 valence electrons. The molecule has 1 aliphatic heterocycles. The predicted octanol–water partition coefficient (Wildman–Crippen LogP) is 3.95. The highest BCUT2D eigenvalue weighted by Crippen LogP contribution is 2.26. The molecule has 2 aromatic heterocycles. The largest absolute Gasteiger partial charge is 0.441 e. The Bertz CT molecular complexity index is 980. The zero-order valence-electron chi connectivity index (χ0n) is 16.0. The summed E-state index contributed by atoms with van der Waals surface area (Å²) >= 11 is 0. The van der Waals surface area contributed by atoms with Gasteiger partial charge in [0.05, 0.1) is 11.3 Å². The Morgan fingerprint density at radius 1 is 0.964 bits per heavy atom. The molecule has 3 heterocycles. The quantitative estimate of drug-likeness (QED) is 0.682. The predicted molar refractivity (Wildman–Crippen MR) is 103 cm³/mol. The number of halogens is 2. The Labute approximate surface area is 162 Å². The van der Waals surface area contributed by atoms with Gasteiger partial charge in [0.25, 0.3) is 0 Å². The van der Waals surface area contributed by atoms with Gasteiger partial charge in [-0.3, -0.25) is 4.90 Å². The van der Waals surface area contributed by atoms with Gasteiger partial charge in [-0.1, -0.05) is 12.1 Å². The summed E-state index contributed by atoms with van der Waals surface area (Å²) in [7, 11) is 0. The monoisotopic (exact) mass is 384 g/mol. The molecule has 0 bridgehead atoms. The fraction of sp³-hybridized carbons (Fsp3) is 0.333. The Morgan fingerprint density at radius 2 is 1.71 bits per heavy atom. The third-order valence-corrected chi connectivity index (χ3v) is 5.02. The topological polar surface area (TPSA) is 45.4 Å². The van der Waals surface area contributed by atoms with Gasteiger partial charge in [-0.25, -0.2) is 18.7 Å². The first-order valence-electron chi connectivity index (χ1n) is 9.33. The van der Waals surface area contributed by atoms with Gasteiger partial charge in [-0.2, -0.15) is 0 Å². The van der Waals surface area contributed by atoms with Crippen molar-refractivity contribution < 1.29 is 13.2 Å². The van der Waals surface area contributed by atoms with Crippen molar-refractivity contribution in [1.29, 1.82) is 0 Å². The molecule has 1 fully saturated rings. The van der Waals surface area contributed by atoms with E-state index >= 15 is 0 Å². The van der Waals surface area contributed by atoms with Crippen molar-refractivity contribution in [2.75, 3.05) is 31.1 Å². The van der Waals surface area contributed by atoms with E-state index in [1.807, 2.05) is 25.1 Å². The molecule has 1 aliphatic rings. The van der Waals surface area contributed by atoms with Crippen LogP contribution in [-0.2, 0) is 6.54 Å². The maximum Gasteiger partial charge on any atom is 0.229 e. The number of hydrogen-bond acceptors (Lipinski definition) is 5. The van der Waals surface area contributed by atoms with Crippen molar-refractivity contribution >= 4 is 5.82 Å². The summed E-state index contributed by atoms with van der Waals surface area (Å²) in [5, 5.41) is 0. The Morgan fingerprint density at radius 3 is 2.46 bits per heavy atom. The molecule has 1 saturated heterocycles. The lowest BCUT2D eigenvalue weighted by Gasteiger charge is -2.35. The molecular formula is C21H22F2N4O. The maximum atomic E-state index is 14.0. The number of anilines is 1. The number of aryl methyl sites for hydroxylation is 2. The van der Waals surface area contributed by atoms with E-state index < -0.39 is 11.6 Å². The van der Waals surface area contributed by atoms with Crippen molar-refractivity contribution in [3.05, 3.63) is 65.2 Å². The van der Waals surface area contributed by atoms with Crippen LogP contribution in [0.5, 0.6) is 0 Å². The molecule has 3 aromatic rings. The molecule has 5 nitrogen and oxygen atoms in total. The second-order valence-electron chi connectivity index (χ2n) is 7.02. The van der Waals surface area contributed by atoms with Crippen LogP contribution >= 0.6 is 0 Å². The summed E-state index contributed by atoms with van der Waals surface area (Å²) in [4.78, 5) is 13.6. The van der Waals surface area contributed by atoms with Gasteiger partial charge < -0.3 is 9.32 Å². The van der Waals surface area contributed by atoms with E-state index in [9.17, 15) is 8.78 Å². The Hall–Kier alpha value is -2.80. The average Bonchev–Trinajstić information content (AvgIpc) is 3.05. The number of benzene rings is 1. The molecule has 0 spiro atoms. The molecular weight excluding hydrogens is 362 g/mol. The van der Waals surface area contributed by atoms with Gasteiger partial charge in [-0.05, 0) is 38.1 Å². The van der Waals surface area contributed by atoms with Gasteiger partial charge in [0.1, 0.15) is 11.6 Å². The summed E-state index contributed by atoms with van der Waals surface area (Å²) in [6.07, 6.45) is 0. The summed E-state index contributed by atoms with van der Waals surface area (Å²) in [5.41, 5.74) is 1.81. The van der Waals surface area contributed by atoms with E-state index in [0.717, 1.165) is 49.5 Å². The Kier molecular flexibility index (Phi) is 5.09. The highest BCUT2D eigenvalue weighted by molar-refractivity contribution is 5.54. The summed E-state index contributed by atoms with van der Waals surface area (Å²) in [6.45, 7) is 7.89. The molecule has 0 unspecified atom stereocenters. The van der Waals surface area contributed by atoms with Crippen LogP contribution in [0.4, 0.5) is 14.6 Å². The van der Waals surface area contributed by atoms with Crippen molar-refractivity contribution in [1.82, 2.24) is 14.9 Å². The second kappa shape index (κ2) is 7.67. The smallest absolute Gasteiger partial charge is 0.229 e. The van der Waals surface area contributed by atoms with Crippen LogP contribution in [0.15, 0.2) is 40.8 Å². The number of rotatable bonds is 4. The molecule has 0 N–H and O–H groups in total. The first-order valence-corrected chi connectivity index (χ1v) is 9.33. The van der Waals surface area contributed by atoms with E-state index in [2.05, 4.69) is 19.8 Å². The third kappa shape index (κ3) is 3.75. The van der Waals surface area contributed by atoms with Crippen LogP contribution in [0.25, 0.3) is 11.5 Å². The zero-order valence-corrected chi connectivity index (χ0v) is 16.0. The summed E-state index contributed by atoms with van der Waals surface area (Å²) in [5.74, 6) is -0.0972. The normalized spacial score (nSPS) is 15.2. The number of nitrogens with zero attached hydrogens (tertiary/aromatic N) is 4. The molecule has 0 amide bonds. The molecule has 0 radical (unpaired) electrons. The minimum Gasteiger partial charge on any atom is -0.441 e. The van der Waals surface area contributed by atoms with Crippen molar-refractivity contribution in [3.8, 4) is 11.5 Å². The average molecular weight is 384 g/mol. The number of hydrogen-bond donors (Lipinski definition) is 0. The first kappa shape index (κ1) is 18.6. The fourth-order valence-electron chi connectivity index (χ4n) is 3.41. The summed E-state index contributed by atoms with van der Waals surface area (Å²) in [6, 6.07) is 10.1. The number of piperazine rings is 1. The van der Waals surface area contributed by atoms with Gasteiger partial charge in [-0.15, -0.1) is 0 Å². The van der Waals surface area contributed by atoms with Crippen LogP contribution in [0.3, 0.4) is 0 Å². The van der Waals surface area contributed by atoms with E-state index in [-0.39, 0.29) is 11.5 Å². The molecule has 7 heteroatoms. The Balaban J connectivity index is 1.43. The van der Waals surface area contributed by atoms with Crippen molar-refractivity contribution in [3.63, 3.8) is 0 Å². The van der Waals surface area contributed by atoms with Crippen molar-refractivity contribution in [2.45, 2.75) is 20.4 Å². The van der Waals surface area contributed by atoms with Crippen LogP contribution in [0, 0.1) is 25.5 Å². The molecule has 1 aromatic carbocycles. The van der Waals surface area contributed by atoms with Gasteiger partial charge in [0.2, 0.25) is 5.89 Å². The van der Waals surface area contributed by atoms with Gasteiger partial charge in [0, 0.05) is 38.4 Å².